The van der Waals surface area contributed by atoms with Crippen molar-refractivity contribution in [3.05, 3.63) is 29.8 Å². The van der Waals surface area contributed by atoms with E-state index in [2.05, 4.69) is 31.8 Å². The molecule has 0 heterocycles. The normalized spacial score (nSPS) is 9.93. The Kier molecular flexibility index (Phi) is 5.64. The zero-order valence-corrected chi connectivity index (χ0v) is 9.87. The molecule has 0 aliphatic carbocycles. The molecule has 3 N–H and O–H groups in total. The van der Waals surface area contributed by atoms with E-state index in [1.165, 1.54) is 7.05 Å². The highest BCUT2D eigenvalue weighted by Gasteiger charge is 2.08. The van der Waals surface area contributed by atoms with Crippen LogP contribution in [-0.4, -0.2) is 18.9 Å². The second kappa shape index (κ2) is 6.19. The molecule has 0 amide bonds. The number of carbonyl (C=O) groups excluding carboxylic acids is 1. The van der Waals surface area contributed by atoms with Gasteiger partial charge in [0.15, 0.2) is 0 Å². The maximum absolute atomic E-state index is 10.5. The lowest BCUT2D eigenvalue weighted by Gasteiger charge is -2.22. The summed E-state index contributed by atoms with van der Waals surface area (Å²) in [6, 6.07) is 7.47. The number of aldehydes is 1. The van der Waals surface area contributed by atoms with Gasteiger partial charge in [-0.25, -0.2) is 0 Å². The predicted molar refractivity (Wildman–Crippen MR) is 65.3 cm³/mol. The molecule has 0 atom stereocenters. The van der Waals surface area contributed by atoms with Crippen LogP contribution in [-0.2, 0) is 0 Å². The smallest absolute Gasteiger partial charge is 0.150 e. The van der Waals surface area contributed by atoms with Crippen LogP contribution in [0.2, 0.25) is 0 Å². The topological polar surface area (TPSA) is 55.1 Å². The van der Waals surface area contributed by atoms with Crippen molar-refractivity contribution in [2.24, 2.45) is 5.73 Å². The molecule has 1 aromatic carbocycles. The van der Waals surface area contributed by atoms with Crippen LogP contribution in [0.1, 0.15) is 31.1 Å². The average Bonchev–Trinajstić information content (AvgIpc) is 2.19. The van der Waals surface area contributed by atoms with Crippen LogP contribution in [0, 0.1) is 0 Å². The van der Waals surface area contributed by atoms with Crippen molar-refractivity contribution >= 4 is 12.0 Å². The lowest BCUT2D eigenvalue weighted by atomic mass is 10.1. The standard InChI is InChI=1S/C11H15NO.CH5N/c1-11(2,3)12-10-6-4-5-9(7-10)8-13;1-2/h4-8,12H,1-3H3;2H2,1H3. The lowest BCUT2D eigenvalue weighted by Crippen LogP contribution is -2.25. The number of benzene rings is 1. The molecule has 0 fully saturated rings. The third-order valence-electron chi connectivity index (χ3n) is 1.54. The van der Waals surface area contributed by atoms with Crippen molar-refractivity contribution in [2.75, 3.05) is 12.4 Å². The molecule has 84 valence electrons. The number of rotatable bonds is 2. The minimum atomic E-state index is 0.0293. The first-order chi connectivity index (χ1) is 7.01. The second-order valence-electron chi connectivity index (χ2n) is 4.12. The van der Waals surface area contributed by atoms with Gasteiger partial charge < -0.3 is 11.1 Å². The van der Waals surface area contributed by atoms with E-state index >= 15 is 0 Å². The Labute approximate surface area is 91.7 Å². The number of hydrogen-bond acceptors (Lipinski definition) is 3. The number of nitrogens with one attached hydrogen (secondary N) is 1. The van der Waals surface area contributed by atoms with Crippen LogP contribution in [0.15, 0.2) is 24.3 Å². The third kappa shape index (κ3) is 5.86. The molecule has 1 aromatic rings. The molecule has 0 bridgehead atoms. The van der Waals surface area contributed by atoms with Crippen molar-refractivity contribution < 1.29 is 4.79 Å². The van der Waals surface area contributed by atoms with Crippen molar-refractivity contribution in [1.29, 1.82) is 0 Å². The van der Waals surface area contributed by atoms with Gasteiger partial charge in [0.05, 0.1) is 0 Å². The van der Waals surface area contributed by atoms with Gasteiger partial charge in [-0.15, -0.1) is 0 Å². The molecule has 0 saturated carbocycles. The van der Waals surface area contributed by atoms with Gasteiger partial charge in [0.25, 0.3) is 0 Å². The summed E-state index contributed by atoms with van der Waals surface area (Å²) in [5.41, 5.74) is 6.22. The van der Waals surface area contributed by atoms with Crippen LogP contribution in [0.4, 0.5) is 5.69 Å². The van der Waals surface area contributed by atoms with Gasteiger partial charge in [-0.2, -0.15) is 0 Å². The molecular weight excluding hydrogens is 188 g/mol. The molecule has 3 nitrogen and oxygen atoms in total. The lowest BCUT2D eigenvalue weighted by molar-refractivity contribution is 0.112. The van der Waals surface area contributed by atoms with Gasteiger partial charge in [-0.05, 0) is 40.0 Å². The van der Waals surface area contributed by atoms with E-state index in [9.17, 15) is 4.79 Å². The number of nitrogens with two attached hydrogens (primary N) is 1. The zero-order chi connectivity index (χ0) is 11.9. The van der Waals surface area contributed by atoms with E-state index in [0.29, 0.717) is 5.56 Å². The van der Waals surface area contributed by atoms with Crippen molar-refractivity contribution in [3.63, 3.8) is 0 Å². The van der Waals surface area contributed by atoms with E-state index in [1.54, 1.807) is 6.07 Å². The van der Waals surface area contributed by atoms with Crippen molar-refractivity contribution in [1.82, 2.24) is 0 Å². The fraction of sp³-hybridized carbons (Fsp3) is 0.417. The molecule has 0 spiro atoms. The molecule has 0 aromatic heterocycles. The van der Waals surface area contributed by atoms with E-state index in [-0.39, 0.29) is 5.54 Å². The van der Waals surface area contributed by atoms with E-state index in [4.69, 9.17) is 0 Å². The molecule has 0 unspecified atom stereocenters. The summed E-state index contributed by atoms with van der Waals surface area (Å²) in [5, 5.41) is 3.30. The van der Waals surface area contributed by atoms with Gasteiger partial charge in [0.2, 0.25) is 0 Å². The number of anilines is 1. The van der Waals surface area contributed by atoms with Gasteiger partial charge in [-0.1, -0.05) is 12.1 Å². The largest absolute Gasteiger partial charge is 0.380 e. The summed E-state index contributed by atoms with van der Waals surface area (Å²) in [4.78, 5) is 10.5. The summed E-state index contributed by atoms with van der Waals surface area (Å²) in [7, 11) is 1.50. The number of carbonyl (C=O) groups is 1. The molecule has 15 heavy (non-hydrogen) atoms. The van der Waals surface area contributed by atoms with Crippen LogP contribution >= 0.6 is 0 Å². The predicted octanol–water partition coefficient (Wildman–Crippen LogP) is 2.28. The van der Waals surface area contributed by atoms with Crippen molar-refractivity contribution in [2.45, 2.75) is 26.3 Å². The maximum atomic E-state index is 10.5. The van der Waals surface area contributed by atoms with Crippen LogP contribution in [0.25, 0.3) is 0 Å². The van der Waals surface area contributed by atoms with Crippen LogP contribution in [0.5, 0.6) is 0 Å². The molecule has 1 rings (SSSR count). The van der Waals surface area contributed by atoms with Gasteiger partial charge in [0.1, 0.15) is 6.29 Å². The van der Waals surface area contributed by atoms with Crippen LogP contribution in [0.3, 0.4) is 0 Å². The fourth-order valence-corrected chi connectivity index (χ4v) is 1.12. The highest BCUT2D eigenvalue weighted by atomic mass is 16.1. The Morgan fingerprint density at radius 2 is 1.87 bits per heavy atom. The first kappa shape index (κ1) is 13.7. The summed E-state index contributed by atoms with van der Waals surface area (Å²) in [6.07, 6.45) is 0.855. The first-order valence-corrected chi connectivity index (χ1v) is 4.92. The molecule has 0 aliphatic rings. The Morgan fingerprint density at radius 1 is 1.27 bits per heavy atom. The molecule has 0 saturated heterocycles. The average molecular weight is 208 g/mol. The minimum absolute atomic E-state index is 0.0293. The summed E-state index contributed by atoms with van der Waals surface area (Å²) in [6.45, 7) is 6.25. The van der Waals surface area contributed by atoms with E-state index in [0.717, 1.165) is 12.0 Å². The highest BCUT2D eigenvalue weighted by molar-refractivity contribution is 5.76. The van der Waals surface area contributed by atoms with E-state index in [1.807, 2.05) is 18.2 Å². The molecule has 3 heteroatoms. The Hall–Kier alpha value is -1.35. The van der Waals surface area contributed by atoms with Gasteiger partial charge >= 0.3 is 0 Å². The van der Waals surface area contributed by atoms with Gasteiger partial charge in [-0.3, -0.25) is 4.79 Å². The third-order valence-corrected chi connectivity index (χ3v) is 1.54. The Morgan fingerprint density at radius 3 is 2.33 bits per heavy atom. The SMILES string of the molecule is CC(C)(C)Nc1cccc(C=O)c1.CN. The monoisotopic (exact) mass is 208 g/mol. The molecule has 0 aliphatic heterocycles. The van der Waals surface area contributed by atoms with Gasteiger partial charge in [0, 0.05) is 16.8 Å². The molecular formula is C12H20N2O. The van der Waals surface area contributed by atoms with Crippen molar-refractivity contribution in [3.8, 4) is 0 Å². The summed E-state index contributed by atoms with van der Waals surface area (Å²) in [5.74, 6) is 0. The second-order valence-corrected chi connectivity index (χ2v) is 4.12. The Bertz CT molecular complexity index is 303. The summed E-state index contributed by atoms with van der Waals surface area (Å²) >= 11 is 0. The van der Waals surface area contributed by atoms with E-state index < -0.39 is 0 Å². The zero-order valence-electron chi connectivity index (χ0n) is 9.87. The quantitative estimate of drug-likeness (QED) is 0.733. The van der Waals surface area contributed by atoms with Crippen LogP contribution < -0.4 is 11.1 Å². The Balaban J connectivity index is 0.000000921. The fourth-order valence-electron chi connectivity index (χ4n) is 1.12. The number of hydrogen-bond donors (Lipinski definition) is 2. The maximum Gasteiger partial charge on any atom is 0.150 e. The summed E-state index contributed by atoms with van der Waals surface area (Å²) < 4.78 is 0. The first-order valence-electron chi connectivity index (χ1n) is 4.92. The molecule has 0 radical (unpaired) electrons. The minimum Gasteiger partial charge on any atom is -0.380 e. The highest BCUT2D eigenvalue weighted by Crippen LogP contribution is 2.14.